The first-order valence-electron chi connectivity index (χ1n) is 5.32. The second-order valence-electron chi connectivity index (χ2n) is 4.20. The van der Waals surface area contributed by atoms with Gasteiger partial charge in [-0.3, -0.25) is 4.79 Å². The molecule has 1 unspecified atom stereocenters. The summed E-state index contributed by atoms with van der Waals surface area (Å²) >= 11 is 0. The maximum absolute atomic E-state index is 11.9. The van der Waals surface area contributed by atoms with Gasteiger partial charge in [-0.2, -0.15) is 0 Å². The quantitative estimate of drug-likeness (QED) is 0.706. The molecule has 0 spiro atoms. The summed E-state index contributed by atoms with van der Waals surface area (Å²) in [6, 6.07) is 0. The lowest BCUT2D eigenvalue weighted by Gasteiger charge is -2.23. The number of aliphatic carboxylic acids is 1. The van der Waals surface area contributed by atoms with E-state index in [1.54, 1.807) is 19.3 Å². The second kappa shape index (κ2) is 4.21. The number of amides is 1. The van der Waals surface area contributed by atoms with Gasteiger partial charge in [0.05, 0.1) is 12.2 Å². The van der Waals surface area contributed by atoms with E-state index in [2.05, 4.69) is 10.3 Å². The van der Waals surface area contributed by atoms with Crippen LogP contribution in [0.3, 0.4) is 0 Å². The topological polar surface area (TPSA) is 91.4 Å². The van der Waals surface area contributed by atoms with Gasteiger partial charge in [-0.05, 0) is 12.5 Å². The SMILES string of the molecule is Cc1c[nH]cc1C(=O)NC1(C(=O)O)CCOC1. The highest BCUT2D eigenvalue weighted by Crippen LogP contribution is 2.20. The van der Waals surface area contributed by atoms with Crippen molar-refractivity contribution in [1.82, 2.24) is 10.3 Å². The zero-order valence-electron chi connectivity index (χ0n) is 9.45. The number of aryl methyl sites for hydroxylation is 1. The van der Waals surface area contributed by atoms with Gasteiger partial charge in [-0.1, -0.05) is 0 Å². The molecule has 0 saturated carbocycles. The molecular formula is C11H14N2O4. The Kier molecular flexibility index (Phi) is 2.89. The summed E-state index contributed by atoms with van der Waals surface area (Å²) in [5.74, 6) is -1.45. The molecule has 1 aromatic rings. The molecule has 6 heteroatoms. The van der Waals surface area contributed by atoms with E-state index < -0.39 is 17.4 Å². The minimum atomic E-state index is -1.29. The van der Waals surface area contributed by atoms with Gasteiger partial charge in [0.15, 0.2) is 5.54 Å². The molecule has 17 heavy (non-hydrogen) atoms. The fraction of sp³-hybridized carbons (Fsp3) is 0.455. The number of aromatic amines is 1. The predicted octanol–water partition coefficient (Wildman–Crippen LogP) is 0.297. The highest BCUT2D eigenvalue weighted by molar-refractivity contribution is 5.99. The van der Waals surface area contributed by atoms with Gasteiger partial charge in [0.1, 0.15) is 0 Å². The Morgan fingerprint density at radius 3 is 2.76 bits per heavy atom. The van der Waals surface area contributed by atoms with E-state index in [1.165, 1.54) is 0 Å². The third-order valence-corrected chi connectivity index (χ3v) is 2.98. The summed E-state index contributed by atoms with van der Waals surface area (Å²) < 4.78 is 5.07. The van der Waals surface area contributed by atoms with E-state index in [-0.39, 0.29) is 13.0 Å². The van der Waals surface area contributed by atoms with E-state index >= 15 is 0 Å². The van der Waals surface area contributed by atoms with Crippen molar-refractivity contribution in [1.29, 1.82) is 0 Å². The molecule has 1 aromatic heterocycles. The largest absolute Gasteiger partial charge is 0.479 e. The van der Waals surface area contributed by atoms with Gasteiger partial charge in [0.25, 0.3) is 5.91 Å². The van der Waals surface area contributed by atoms with Crippen molar-refractivity contribution in [2.75, 3.05) is 13.2 Å². The summed E-state index contributed by atoms with van der Waals surface area (Å²) in [5.41, 5.74) is -0.0553. The zero-order chi connectivity index (χ0) is 12.5. The molecule has 0 aromatic carbocycles. The molecule has 1 aliphatic rings. The van der Waals surface area contributed by atoms with Gasteiger partial charge >= 0.3 is 5.97 Å². The fourth-order valence-corrected chi connectivity index (χ4v) is 1.86. The van der Waals surface area contributed by atoms with Gasteiger partial charge < -0.3 is 20.1 Å². The molecule has 6 nitrogen and oxygen atoms in total. The summed E-state index contributed by atoms with van der Waals surface area (Å²) in [6.07, 6.45) is 3.53. The van der Waals surface area contributed by atoms with Crippen LogP contribution < -0.4 is 5.32 Å². The maximum Gasteiger partial charge on any atom is 0.331 e. The lowest BCUT2D eigenvalue weighted by Crippen LogP contribution is -2.55. The molecule has 1 saturated heterocycles. The molecule has 1 fully saturated rings. The summed E-state index contributed by atoms with van der Waals surface area (Å²) in [6.45, 7) is 2.14. The Bertz CT molecular complexity index is 446. The lowest BCUT2D eigenvalue weighted by molar-refractivity contribution is -0.144. The number of rotatable bonds is 3. The molecule has 1 atom stereocenters. The van der Waals surface area contributed by atoms with Crippen LogP contribution in [-0.4, -0.2) is 40.7 Å². The molecule has 1 aliphatic heterocycles. The minimum Gasteiger partial charge on any atom is -0.479 e. The van der Waals surface area contributed by atoms with Crippen LogP contribution in [0.2, 0.25) is 0 Å². The second-order valence-corrected chi connectivity index (χ2v) is 4.20. The molecule has 2 rings (SSSR count). The molecule has 1 amide bonds. The van der Waals surface area contributed by atoms with Gasteiger partial charge in [-0.25, -0.2) is 4.79 Å². The predicted molar refractivity (Wildman–Crippen MR) is 58.8 cm³/mol. The smallest absolute Gasteiger partial charge is 0.331 e. The average molecular weight is 238 g/mol. The third kappa shape index (κ3) is 2.03. The third-order valence-electron chi connectivity index (χ3n) is 2.98. The van der Waals surface area contributed by atoms with Crippen LogP contribution in [0.4, 0.5) is 0 Å². The Balaban J connectivity index is 2.17. The maximum atomic E-state index is 11.9. The van der Waals surface area contributed by atoms with Gasteiger partial charge in [0.2, 0.25) is 0 Å². The van der Waals surface area contributed by atoms with Crippen molar-refractivity contribution < 1.29 is 19.4 Å². The van der Waals surface area contributed by atoms with Crippen molar-refractivity contribution in [2.45, 2.75) is 18.9 Å². The summed E-state index contributed by atoms with van der Waals surface area (Å²) in [5, 5.41) is 11.7. The van der Waals surface area contributed by atoms with E-state index in [1.807, 2.05) is 0 Å². The van der Waals surface area contributed by atoms with Crippen molar-refractivity contribution >= 4 is 11.9 Å². The van der Waals surface area contributed by atoms with Crippen LogP contribution in [0, 0.1) is 6.92 Å². The number of carbonyl (C=O) groups excluding carboxylic acids is 1. The van der Waals surface area contributed by atoms with Gasteiger partial charge in [0, 0.05) is 25.4 Å². The number of hydrogen-bond donors (Lipinski definition) is 3. The van der Waals surface area contributed by atoms with Crippen molar-refractivity contribution in [3.05, 3.63) is 23.5 Å². The Labute approximate surface area is 98.0 Å². The first kappa shape index (κ1) is 11.7. The number of carbonyl (C=O) groups is 2. The molecule has 0 radical (unpaired) electrons. The average Bonchev–Trinajstić information content (AvgIpc) is 2.87. The fourth-order valence-electron chi connectivity index (χ4n) is 1.86. The molecule has 92 valence electrons. The highest BCUT2D eigenvalue weighted by atomic mass is 16.5. The monoisotopic (exact) mass is 238 g/mol. The normalized spacial score (nSPS) is 23.6. The van der Waals surface area contributed by atoms with Crippen LogP contribution in [0.5, 0.6) is 0 Å². The van der Waals surface area contributed by atoms with Crippen LogP contribution in [-0.2, 0) is 9.53 Å². The zero-order valence-corrected chi connectivity index (χ0v) is 9.45. The standard InChI is InChI=1S/C11H14N2O4/c1-7-4-12-5-8(7)9(14)13-11(10(15)16)2-3-17-6-11/h4-5,12H,2-3,6H2,1H3,(H,13,14)(H,15,16). The molecule has 3 N–H and O–H groups in total. The van der Waals surface area contributed by atoms with Gasteiger partial charge in [-0.15, -0.1) is 0 Å². The number of aromatic nitrogens is 1. The Hall–Kier alpha value is -1.82. The highest BCUT2D eigenvalue weighted by Gasteiger charge is 2.44. The first-order chi connectivity index (χ1) is 8.05. The van der Waals surface area contributed by atoms with Crippen LogP contribution in [0.1, 0.15) is 22.3 Å². The van der Waals surface area contributed by atoms with E-state index in [0.29, 0.717) is 12.2 Å². The van der Waals surface area contributed by atoms with Crippen LogP contribution >= 0.6 is 0 Å². The Morgan fingerprint density at radius 2 is 2.29 bits per heavy atom. The first-order valence-corrected chi connectivity index (χ1v) is 5.32. The molecule has 0 aliphatic carbocycles. The Morgan fingerprint density at radius 1 is 1.53 bits per heavy atom. The van der Waals surface area contributed by atoms with Crippen LogP contribution in [0.25, 0.3) is 0 Å². The number of carboxylic acid groups (broad SMARTS) is 1. The lowest BCUT2D eigenvalue weighted by atomic mass is 9.98. The van der Waals surface area contributed by atoms with E-state index in [0.717, 1.165) is 5.56 Å². The van der Waals surface area contributed by atoms with Crippen molar-refractivity contribution in [3.63, 3.8) is 0 Å². The number of carboxylic acids is 1. The van der Waals surface area contributed by atoms with Crippen LogP contribution in [0.15, 0.2) is 12.4 Å². The number of ether oxygens (including phenoxy) is 1. The number of hydrogen-bond acceptors (Lipinski definition) is 3. The van der Waals surface area contributed by atoms with E-state index in [4.69, 9.17) is 4.74 Å². The number of H-pyrrole nitrogens is 1. The number of nitrogens with one attached hydrogen (secondary N) is 2. The van der Waals surface area contributed by atoms with Crippen molar-refractivity contribution in [3.8, 4) is 0 Å². The summed E-state index contributed by atoms with van der Waals surface area (Å²) in [4.78, 5) is 26.0. The molecule has 0 bridgehead atoms. The molecule has 2 heterocycles. The minimum absolute atomic E-state index is 0.0115. The molecular weight excluding hydrogens is 224 g/mol. The van der Waals surface area contributed by atoms with Crippen molar-refractivity contribution in [2.24, 2.45) is 0 Å². The summed E-state index contributed by atoms with van der Waals surface area (Å²) in [7, 11) is 0. The van der Waals surface area contributed by atoms with E-state index in [9.17, 15) is 14.7 Å².